The average molecular weight is 216 g/mol. The molecule has 88 valence electrons. The second-order valence-corrected chi connectivity index (χ2v) is 4.37. The molecule has 0 spiro atoms. The molecule has 1 aliphatic heterocycles. The molecule has 5 heteroatoms. The highest BCUT2D eigenvalue weighted by atomic mass is 16.3. The molecule has 0 saturated carbocycles. The summed E-state index contributed by atoms with van der Waals surface area (Å²) < 4.78 is 0. The van der Waals surface area contributed by atoms with Crippen LogP contribution < -0.4 is 10.6 Å². The fourth-order valence-electron chi connectivity index (χ4n) is 1.59. The standard InChI is InChI=1S/C10H20N2O3/c1-10(6-13,7-14)12-9(15)8-4-2-3-5-11-8/h8,11,13-14H,2-7H2,1H3,(H,12,15). The van der Waals surface area contributed by atoms with E-state index in [0.29, 0.717) is 0 Å². The molecule has 1 heterocycles. The van der Waals surface area contributed by atoms with Crippen molar-refractivity contribution in [1.82, 2.24) is 10.6 Å². The number of amides is 1. The Hall–Kier alpha value is -0.650. The topological polar surface area (TPSA) is 81.6 Å². The van der Waals surface area contributed by atoms with Crippen LogP contribution in [0.25, 0.3) is 0 Å². The zero-order chi connectivity index (χ0) is 11.3. The molecule has 0 radical (unpaired) electrons. The van der Waals surface area contributed by atoms with Gasteiger partial charge in [-0.05, 0) is 26.3 Å². The molecule has 1 atom stereocenters. The minimum Gasteiger partial charge on any atom is -0.394 e. The van der Waals surface area contributed by atoms with E-state index in [9.17, 15) is 4.79 Å². The molecule has 1 aliphatic rings. The fourth-order valence-corrected chi connectivity index (χ4v) is 1.59. The van der Waals surface area contributed by atoms with Crippen molar-refractivity contribution >= 4 is 5.91 Å². The Morgan fingerprint density at radius 1 is 1.47 bits per heavy atom. The Balaban J connectivity index is 2.46. The van der Waals surface area contributed by atoms with E-state index in [0.717, 1.165) is 25.8 Å². The molecule has 0 aliphatic carbocycles. The molecular formula is C10H20N2O3. The van der Waals surface area contributed by atoms with Crippen LogP contribution in [-0.2, 0) is 4.79 Å². The summed E-state index contributed by atoms with van der Waals surface area (Å²) in [6, 6.07) is -0.184. The fraction of sp³-hybridized carbons (Fsp3) is 0.900. The normalized spacial score (nSPS) is 22.5. The van der Waals surface area contributed by atoms with Crippen LogP contribution in [0, 0.1) is 0 Å². The molecule has 0 aromatic heterocycles. The molecule has 0 aromatic carbocycles. The third-order valence-electron chi connectivity index (χ3n) is 2.75. The maximum atomic E-state index is 11.7. The van der Waals surface area contributed by atoms with Crippen LogP contribution in [-0.4, -0.2) is 47.5 Å². The SMILES string of the molecule is CC(CO)(CO)NC(=O)C1CCCCN1. The van der Waals surface area contributed by atoms with E-state index in [4.69, 9.17) is 10.2 Å². The number of carbonyl (C=O) groups excluding carboxylic acids is 1. The highest BCUT2D eigenvalue weighted by molar-refractivity contribution is 5.82. The molecule has 1 saturated heterocycles. The zero-order valence-electron chi connectivity index (χ0n) is 9.12. The van der Waals surface area contributed by atoms with Crippen LogP contribution in [0.15, 0.2) is 0 Å². The summed E-state index contributed by atoms with van der Waals surface area (Å²) in [5, 5.41) is 23.9. The van der Waals surface area contributed by atoms with E-state index >= 15 is 0 Å². The van der Waals surface area contributed by atoms with Gasteiger partial charge in [-0.2, -0.15) is 0 Å². The molecule has 1 unspecified atom stereocenters. The molecule has 1 rings (SSSR count). The number of nitrogens with one attached hydrogen (secondary N) is 2. The molecule has 0 bridgehead atoms. The van der Waals surface area contributed by atoms with Crippen LogP contribution in [0.1, 0.15) is 26.2 Å². The van der Waals surface area contributed by atoms with E-state index in [1.165, 1.54) is 0 Å². The van der Waals surface area contributed by atoms with Crippen LogP contribution in [0.2, 0.25) is 0 Å². The highest BCUT2D eigenvalue weighted by Crippen LogP contribution is 2.09. The molecule has 15 heavy (non-hydrogen) atoms. The summed E-state index contributed by atoms with van der Waals surface area (Å²) >= 11 is 0. The molecule has 1 fully saturated rings. The first kappa shape index (κ1) is 12.4. The lowest BCUT2D eigenvalue weighted by Crippen LogP contribution is -2.57. The summed E-state index contributed by atoms with van der Waals surface area (Å²) in [5.41, 5.74) is -0.920. The summed E-state index contributed by atoms with van der Waals surface area (Å²) in [7, 11) is 0. The van der Waals surface area contributed by atoms with Gasteiger partial charge in [0.15, 0.2) is 0 Å². The van der Waals surface area contributed by atoms with Gasteiger partial charge in [0, 0.05) is 0 Å². The Labute approximate surface area is 89.9 Å². The van der Waals surface area contributed by atoms with Gasteiger partial charge in [0.05, 0.1) is 24.8 Å². The maximum absolute atomic E-state index is 11.7. The number of aliphatic hydroxyl groups excluding tert-OH is 2. The van der Waals surface area contributed by atoms with Crippen LogP contribution in [0.5, 0.6) is 0 Å². The number of hydrogen-bond acceptors (Lipinski definition) is 4. The van der Waals surface area contributed by atoms with E-state index in [-0.39, 0.29) is 25.2 Å². The van der Waals surface area contributed by atoms with Crippen molar-refractivity contribution in [2.24, 2.45) is 0 Å². The minimum atomic E-state index is -0.920. The van der Waals surface area contributed by atoms with Crippen molar-refractivity contribution in [3.8, 4) is 0 Å². The monoisotopic (exact) mass is 216 g/mol. The van der Waals surface area contributed by atoms with Crippen molar-refractivity contribution in [3.05, 3.63) is 0 Å². The second kappa shape index (κ2) is 5.44. The van der Waals surface area contributed by atoms with Gasteiger partial charge in [-0.25, -0.2) is 0 Å². The molecular weight excluding hydrogens is 196 g/mol. The summed E-state index contributed by atoms with van der Waals surface area (Å²) in [4.78, 5) is 11.7. The first-order valence-electron chi connectivity index (χ1n) is 5.38. The van der Waals surface area contributed by atoms with E-state index in [2.05, 4.69) is 10.6 Å². The van der Waals surface area contributed by atoms with E-state index in [1.807, 2.05) is 0 Å². The average Bonchev–Trinajstić information content (AvgIpc) is 2.30. The summed E-state index contributed by atoms with van der Waals surface area (Å²) in [6.07, 6.45) is 2.96. The van der Waals surface area contributed by atoms with Gasteiger partial charge in [0.1, 0.15) is 0 Å². The van der Waals surface area contributed by atoms with Gasteiger partial charge >= 0.3 is 0 Å². The minimum absolute atomic E-state index is 0.139. The predicted octanol–water partition coefficient (Wildman–Crippen LogP) is -1.01. The maximum Gasteiger partial charge on any atom is 0.237 e. The smallest absolute Gasteiger partial charge is 0.237 e. The van der Waals surface area contributed by atoms with Gasteiger partial charge in [-0.3, -0.25) is 4.79 Å². The Bertz CT molecular complexity index is 211. The van der Waals surface area contributed by atoms with Crippen molar-refractivity contribution in [3.63, 3.8) is 0 Å². The lowest BCUT2D eigenvalue weighted by Gasteiger charge is -2.30. The van der Waals surface area contributed by atoms with Gasteiger partial charge in [0.25, 0.3) is 0 Å². The molecule has 1 amide bonds. The first-order valence-corrected chi connectivity index (χ1v) is 5.38. The van der Waals surface area contributed by atoms with Crippen LogP contribution in [0.3, 0.4) is 0 Å². The highest BCUT2D eigenvalue weighted by Gasteiger charge is 2.29. The summed E-state index contributed by atoms with van der Waals surface area (Å²) in [5.74, 6) is -0.139. The third-order valence-corrected chi connectivity index (χ3v) is 2.75. The van der Waals surface area contributed by atoms with Gasteiger partial charge in [-0.1, -0.05) is 6.42 Å². The predicted molar refractivity (Wildman–Crippen MR) is 56.4 cm³/mol. The van der Waals surface area contributed by atoms with Crippen molar-refractivity contribution in [2.45, 2.75) is 37.8 Å². The second-order valence-electron chi connectivity index (χ2n) is 4.37. The molecule has 5 nitrogen and oxygen atoms in total. The number of aliphatic hydroxyl groups is 2. The number of hydrogen-bond donors (Lipinski definition) is 4. The van der Waals surface area contributed by atoms with Gasteiger partial charge < -0.3 is 20.8 Å². The summed E-state index contributed by atoms with van der Waals surface area (Å²) in [6.45, 7) is 1.95. The number of rotatable bonds is 4. The van der Waals surface area contributed by atoms with E-state index in [1.54, 1.807) is 6.92 Å². The van der Waals surface area contributed by atoms with Crippen LogP contribution in [0.4, 0.5) is 0 Å². The van der Waals surface area contributed by atoms with Gasteiger partial charge in [0.2, 0.25) is 5.91 Å². The Morgan fingerprint density at radius 2 is 2.13 bits per heavy atom. The lowest BCUT2D eigenvalue weighted by molar-refractivity contribution is -0.126. The van der Waals surface area contributed by atoms with Crippen molar-refractivity contribution < 1.29 is 15.0 Å². The Kier molecular flexibility index (Phi) is 4.50. The largest absolute Gasteiger partial charge is 0.394 e. The lowest BCUT2D eigenvalue weighted by atomic mass is 10.0. The van der Waals surface area contributed by atoms with Gasteiger partial charge in [-0.15, -0.1) is 0 Å². The number of carbonyl (C=O) groups is 1. The Morgan fingerprint density at radius 3 is 2.60 bits per heavy atom. The van der Waals surface area contributed by atoms with E-state index < -0.39 is 5.54 Å². The quantitative estimate of drug-likeness (QED) is 0.485. The molecule has 4 N–H and O–H groups in total. The van der Waals surface area contributed by atoms with Crippen molar-refractivity contribution in [2.75, 3.05) is 19.8 Å². The first-order chi connectivity index (χ1) is 7.11. The number of piperidine rings is 1. The third kappa shape index (κ3) is 3.44. The molecule has 0 aromatic rings. The van der Waals surface area contributed by atoms with Crippen LogP contribution >= 0.6 is 0 Å². The van der Waals surface area contributed by atoms with Crippen molar-refractivity contribution in [1.29, 1.82) is 0 Å². The zero-order valence-corrected chi connectivity index (χ0v) is 9.12.